The van der Waals surface area contributed by atoms with E-state index in [0.29, 0.717) is 6.10 Å². The van der Waals surface area contributed by atoms with Gasteiger partial charge < -0.3 is 10.1 Å². The Kier molecular flexibility index (Phi) is 3.27. The summed E-state index contributed by atoms with van der Waals surface area (Å²) in [4.78, 5) is 0. The topological polar surface area (TPSA) is 21.3 Å². The van der Waals surface area contributed by atoms with Gasteiger partial charge in [-0.1, -0.05) is 6.07 Å². The number of nitrogens with one attached hydrogen (secondary N) is 1. The summed E-state index contributed by atoms with van der Waals surface area (Å²) in [5.41, 5.74) is 4.15. The second-order valence-electron chi connectivity index (χ2n) is 4.05. The summed E-state index contributed by atoms with van der Waals surface area (Å²) in [6.07, 6.45) is 3.82. The molecule has 0 radical (unpaired) electrons. The molecule has 0 saturated carbocycles. The third-order valence-corrected chi connectivity index (χ3v) is 3.08. The summed E-state index contributed by atoms with van der Waals surface area (Å²) in [6.45, 7) is 2.90. The average molecular weight is 205 g/mol. The lowest BCUT2D eigenvalue weighted by Crippen LogP contribution is -2.22. The van der Waals surface area contributed by atoms with E-state index in [9.17, 15) is 0 Å². The molecule has 0 fully saturated rings. The van der Waals surface area contributed by atoms with Gasteiger partial charge in [0, 0.05) is 19.3 Å². The van der Waals surface area contributed by atoms with E-state index in [1.54, 1.807) is 0 Å². The van der Waals surface area contributed by atoms with Gasteiger partial charge in [0.2, 0.25) is 0 Å². The maximum atomic E-state index is 5.68. The summed E-state index contributed by atoms with van der Waals surface area (Å²) < 4.78 is 5.68. The van der Waals surface area contributed by atoms with Crippen LogP contribution in [-0.4, -0.2) is 19.8 Å². The van der Waals surface area contributed by atoms with Gasteiger partial charge >= 0.3 is 0 Å². The van der Waals surface area contributed by atoms with E-state index in [2.05, 4.69) is 30.4 Å². The number of anilines is 1. The average Bonchev–Trinajstić information content (AvgIpc) is 2.29. The van der Waals surface area contributed by atoms with Crippen molar-refractivity contribution in [2.75, 3.05) is 19.0 Å². The molecule has 0 aliphatic heterocycles. The molecule has 0 saturated heterocycles. The van der Waals surface area contributed by atoms with E-state index in [4.69, 9.17) is 4.74 Å². The second kappa shape index (κ2) is 4.67. The molecule has 82 valence electrons. The zero-order valence-corrected chi connectivity index (χ0v) is 9.55. The van der Waals surface area contributed by atoms with Crippen LogP contribution in [0.25, 0.3) is 0 Å². The Hall–Kier alpha value is -1.02. The quantitative estimate of drug-likeness (QED) is 0.819. The Morgan fingerprint density at radius 1 is 1.40 bits per heavy atom. The van der Waals surface area contributed by atoms with Crippen molar-refractivity contribution in [2.24, 2.45) is 0 Å². The zero-order chi connectivity index (χ0) is 10.7. The largest absolute Gasteiger partial charge is 0.388 e. The Bertz CT molecular complexity index is 335. The van der Waals surface area contributed by atoms with Crippen molar-refractivity contribution in [1.82, 2.24) is 0 Å². The normalized spacial score (nSPS) is 19.7. The molecular formula is C13H19NO. The molecular weight excluding hydrogens is 186 g/mol. The molecule has 0 aromatic heterocycles. The first-order valence-electron chi connectivity index (χ1n) is 5.74. The Labute approximate surface area is 91.6 Å². The number of rotatable bonds is 3. The van der Waals surface area contributed by atoms with Crippen molar-refractivity contribution in [2.45, 2.75) is 32.3 Å². The van der Waals surface area contributed by atoms with Crippen LogP contribution in [0.4, 0.5) is 5.69 Å². The summed E-state index contributed by atoms with van der Waals surface area (Å²) in [5.74, 6) is 0. The van der Waals surface area contributed by atoms with Gasteiger partial charge in [0.1, 0.15) is 0 Å². The molecule has 0 bridgehead atoms. The smallest absolute Gasteiger partial charge is 0.0618 e. The van der Waals surface area contributed by atoms with Crippen molar-refractivity contribution in [3.05, 3.63) is 29.3 Å². The van der Waals surface area contributed by atoms with Gasteiger partial charge in [-0.25, -0.2) is 0 Å². The minimum Gasteiger partial charge on any atom is -0.388 e. The first-order valence-corrected chi connectivity index (χ1v) is 5.74. The molecule has 2 rings (SSSR count). The van der Waals surface area contributed by atoms with E-state index in [0.717, 1.165) is 25.9 Å². The second-order valence-corrected chi connectivity index (χ2v) is 4.05. The van der Waals surface area contributed by atoms with Crippen molar-refractivity contribution < 1.29 is 4.74 Å². The lowest BCUT2D eigenvalue weighted by molar-refractivity contribution is 0.0535. The van der Waals surface area contributed by atoms with Gasteiger partial charge in [0.15, 0.2) is 0 Å². The fourth-order valence-electron chi connectivity index (χ4n) is 2.26. The highest BCUT2D eigenvalue weighted by atomic mass is 16.5. The summed E-state index contributed by atoms with van der Waals surface area (Å²) in [6, 6.07) is 6.64. The van der Waals surface area contributed by atoms with Crippen LogP contribution in [0.2, 0.25) is 0 Å². The lowest BCUT2D eigenvalue weighted by atomic mass is 9.89. The minimum atomic E-state index is 0.433. The van der Waals surface area contributed by atoms with Crippen LogP contribution in [0.15, 0.2) is 18.2 Å². The van der Waals surface area contributed by atoms with Crippen molar-refractivity contribution >= 4 is 5.69 Å². The molecule has 0 heterocycles. The molecule has 2 nitrogen and oxygen atoms in total. The monoisotopic (exact) mass is 205 g/mol. The van der Waals surface area contributed by atoms with E-state index in [1.165, 1.54) is 16.8 Å². The number of ether oxygens (including phenoxy) is 1. The van der Waals surface area contributed by atoms with E-state index >= 15 is 0 Å². The zero-order valence-electron chi connectivity index (χ0n) is 9.55. The van der Waals surface area contributed by atoms with Crippen LogP contribution >= 0.6 is 0 Å². The SMILES string of the molecule is CCOC1CCc2cc(NC)ccc2C1. The molecule has 1 N–H and O–H groups in total. The maximum absolute atomic E-state index is 5.68. The van der Waals surface area contributed by atoms with Crippen LogP contribution in [0.1, 0.15) is 24.5 Å². The van der Waals surface area contributed by atoms with Gasteiger partial charge in [-0.05, 0) is 49.4 Å². The molecule has 1 aromatic carbocycles. The van der Waals surface area contributed by atoms with Gasteiger partial charge in [0.25, 0.3) is 0 Å². The van der Waals surface area contributed by atoms with E-state index in [-0.39, 0.29) is 0 Å². The van der Waals surface area contributed by atoms with Crippen LogP contribution < -0.4 is 5.32 Å². The first kappa shape index (κ1) is 10.5. The summed E-state index contributed by atoms with van der Waals surface area (Å²) in [5, 5.41) is 3.18. The lowest BCUT2D eigenvalue weighted by Gasteiger charge is -2.24. The van der Waals surface area contributed by atoms with Crippen LogP contribution in [0.3, 0.4) is 0 Å². The summed E-state index contributed by atoms with van der Waals surface area (Å²) in [7, 11) is 1.97. The van der Waals surface area contributed by atoms with Crippen molar-refractivity contribution in [1.29, 1.82) is 0 Å². The molecule has 0 spiro atoms. The molecule has 1 aliphatic carbocycles. The molecule has 0 amide bonds. The Morgan fingerprint density at radius 3 is 3.00 bits per heavy atom. The van der Waals surface area contributed by atoms with Crippen LogP contribution in [0, 0.1) is 0 Å². The van der Waals surface area contributed by atoms with Crippen molar-refractivity contribution in [3.63, 3.8) is 0 Å². The minimum absolute atomic E-state index is 0.433. The van der Waals surface area contributed by atoms with E-state index < -0.39 is 0 Å². The number of fused-ring (bicyclic) bond motifs is 1. The van der Waals surface area contributed by atoms with Crippen LogP contribution in [0.5, 0.6) is 0 Å². The van der Waals surface area contributed by atoms with Crippen LogP contribution in [-0.2, 0) is 17.6 Å². The molecule has 1 unspecified atom stereocenters. The maximum Gasteiger partial charge on any atom is 0.0618 e. The van der Waals surface area contributed by atoms with E-state index in [1.807, 2.05) is 7.05 Å². The van der Waals surface area contributed by atoms with Gasteiger partial charge in [0.05, 0.1) is 6.10 Å². The standard InChI is InChI=1S/C13H19NO/c1-3-15-13-7-5-10-8-12(14-2)6-4-11(10)9-13/h4,6,8,13-14H,3,5,7,9H2,1-2H3. The number of hydrogen-bond donors (Lipinski definition) is 1. The van der Waals surface area contributed by atoms with Crippen molar-refractivity contribution in [3.8, 4) is 0 Å². The number of hydrogen-bond acceptors (Lipinski definition) is 2. The fraction of sp³-hybridized carbons (Fsp3) is 0.538. The Balaban J connectivity index is 2.13. The summed E-state index contributed by atoms with van der Waals surface area (Å²) >= 11 is 0. The molecule has 15 heavy (non-hydrogen) atoms. The van der Waals surface area contributed by atoms with Gasteiger partial charge in [-0.2, -0.15) is 0 Å². The molecule has 2 heteroatoms. The molecule has 1 aliphatic rings. The third kappa shape index (κ3) is 2.32. The third-order valence-electron chi connectivity index (χ3n) is 3.08. The number of benzene rings is 1. The molecule has 1 aromatic rings. The highest BCUT2D eigenvalue weighted by Gasteiger charge is 2.18. The van der Waals surface area contributed by atoms with Gasteiger partial charge in [-0.3, -0.25) is 0 Å². The highest BCUT2D eigenvalue weighted by Crippen LogP contribution is 2.25. The predicted octanol–water partition coefficient (Wildman–Crippen LogP) is 2.62. The first-order chi connectivity index (χ1) is 7.33. The Morgan fingerprint density at radius 2 is 2.27 bits per heavy atom. The fourth-order valence-corrected chi connectivity index (χ4v) is 2.26. The molecule has 1 atom stereocenters. The number of aryl methyl sites for hydroxylation is 1. The highest BCUT2D eigenvalue weighted by molar-refractivity contribution is 5.49. The predicted molar refractivity (Wildman–Crippen MR) is 63.4 cm³/mol. The van der Waals surface area contributed by atoms with Gasteiger partial charge in [-0.15, -0.1) is 0 Å².